The summed E-state index contributed by atoms with van der Waals surface area (Å²) in [5.74, 6) is -0.319. The van der Waals surface area contributed by atoms with E-state index in [1.807, 2.05) is 23.1 Å². The molecule has 5 rings (SSSR count). The molecule has 2 amide bonds. The second-order valence-corrected chi connectivity index (χ2v) is 11.3. The SMILES string of the molecule is C.O=C(C1CCC[C@H](C(=O)N2CCN(c3ccccc3)CC2)C1)N1CCC(Oc2ccc([N+](=O)[O-])c(C(F)(F)F)c2)CC1. The van der Waals surface area contributed by atoms with E-state index in [0.29, 0.717) is 51.5 Å². The van der Waals surface area contributed by atoms with Crippen LogP contribution in [0.1, 0.15) is 51.5 Å². The number of alkyl halides is 3. The van der Waals surface area contributed by atoms with Crippen molar-refractivity contribution in [3.05, 3.63) is 64.2 Å². The summed E-state index contributed by atoms with van der Waals surface area (Å²) >= 11 is 0. The van der Waals surface area contributed by atoms with Crippen molar-refractivity contribution in [2.45, 2.75) is 58.2 Å². The predicted molar refractivity (Wildman–Crippen MR) is 156 cm³/mol. The molecule has 0 bridgehead atoms. The summed E-state index contributed by atoms with van der Waals surface area (Å²) in [5.41, 5.74) is -1.22. The van der Waals surface area contributed by atoms with Crippen molar-refractivity contribution in [2.24, 2.45) is 11.8 Å². The normalized spacial score (nSPS) is 21.6. The van der Waals surface area contributed by atoms with E-state index in [-0.39, 0.29) is 36.8 Å². The van der Waals surface area contributed by atoms with Gasteiger partial charge in [-0.1, -0.05) is 32.0 Å². The van der Waals surface area contributed by atoms with Crippen molar-refractivity contribution in [2.75, 3.05) is 44.2 Å². The van der Waals surface area contributed by atoms with Crippen LogP contribution in [0.25, 0.3) is 0 Å². The van der Waals surface area contributed by atoms with Crippen molar-refractivity contribution >= 4 is 23.2 Å². The van der Waals surface area contributed by atoms with Crippen LogP contribution in [0, 0.1) is 22.0 Å². The molecule has 234 valence electrons. The lowest BCUT2D eigenvalue weighted by atomic mass is 9.79. The molecule has 12 heteroatoms. The summed E-state index contributed by atoms with van der Waals surface area (Å²) in [5, 5.41) is 11.0. The number of hydrogen-bond acceptors (Lipinski definition) is 6. The van der Waals surface area contributed by atoms with Crippen LogP contribution in [-0.2, 0) is 15.8 Å². The summed E-state index contributed by atoms with van der Waals surface area (Å²) < 4.78 is 45.7. The van der Waals surface area contributed by atoms with Gasteiger partial charge in [-0.15, -0.1) is 0 Å². The summed E-state index contributed by atoms with van der Waals surface area (Å²) in [6.07, 6.45) is -1.54. The van der Waals surface area contributed by atoms with Crippen LogP contribution in [0.3, 0.4) is 0 Å². The maximum Gasteiger partial charge on any atom is 0.423 e. The number of piperazine rings is 1. The van der Waals surface area contributed by atoms with Gasteiger partial charge in [0.2, 0.25) is 11.8 Å². The van der Waals surface area contributed by atoms with Crippen LogP contribution >= 0.6 is 0 Å². The number of nitro benzene ring substituents is 1. The fourth-order valence-corrected chi connectivity index (χ4v) is 6.34. The number of para-hydroxylation sites is 1. The van der Waals surface area contributed by atoms with Gasteiger partial charge in [0.25, 0.3) is 5.69 Å². The van der Waals surface area contributed by atoms with Crippen LogP contribution in [0.2, 0.25) is 0 Å². The number of carbonyl (C=O) groups excluding carboxylic acids is 2. The first-order valence-electron chi connectivity index (χ1n) is 14.5. The van der Waals surface area contributed by atoms with Crippen LogP contribution in [-0.4, -0.2) is 71.9 Å². The van der Waals surface area contributed by atoms with Gasteiger partial charge >= 0.3 is 6.18 Å². The van der Waals surface area contributed by atoms with Gasteiger partial charge in [-0.05, 0) is 43.5 Å². The summed E-state index contributed by atoms with van der Waals surface area (Å²) in [6, 6.07) is 12.8. The number of amides is 2. The molecule has 43 heavy (non-hydrogen) atoms. The van der Waals surface area contributed by atoms with Crippen molar-refractivity contribution in [1.29, 1.82) is 0 Å². The standard InChI is InChI=1S/C30H35F3N4O5.CH4/c31-30(32,33)26-20-25(9-10-27(26)37(40)41)42-24-11-13-35(14-12-24)28(38)21-5-4-6-22(19-21)29(39)36-17-15-34(16-18-36)23-7-2-1-3-8-23;/h1-3,7-10,20-22,24H,4-6,11-19H2;1H4/t21?,22-;/m0./s1. The molecule has 0 spiro atoms. The molecule has 3 fully saturated rings. The van der Waals surface area contributed by atoms with E-state index < -0.39 is 28.5 Å². The Morgan fingerprint density at radius 3 is 1.98 bits per heavy atom. The van der Waals surface area contributed by atoms with E-state index in [1.54, 1.807) is 4.90 Å². The Balaban J connectivity index is 0.00000423. The van der Waals surface area contributed by atoms with Gasteiger partial charge in [-0.25, -0.2) is 0 Å². The van der Waals surface area contributed by atoms with Crippen molar-refractivity contribution in [3.63, 3.8) is 0 Å². The largest absolute Gasteiger partial charge is 0.490 e. The molecular weight excluding hydrogens is 565 g/mol. The Kier molecular flexibility index (Phi) is 10.2. The van der Waals surface area contributed by atoms with E-state index in [9.17, 15) is 32.9 Å². The molecule has 2 atom stereocenters. The highest BCUT2D eigenvalue weighted by molar-refractivity contribution is 5.83. The third-order valence-electron chi connectivity index (χ3n) is 8.61. The minimum Gasteiger partial charge on any atom is -0.490 e. The molecule has 3 aliphatic rings. The van der Waals surface area contributed by atoms with Gasteiger partial charge in [0, 0.05) is 75.7 Å². The lowest BCUT2D eigenvalue weighted by Crippen LogP contribution is -2.51. The highest BCUT2D eigenvalue weighted by atomic mass is 19.4. The van der Waals surface area contributed by atoms with Gasteiger partial charge in [0.05, 0.1) is 4.92 Å². The van der Waals surface area contributed by atoms with Crippen LogP contribution < -0.4 is 9.64 Å². The number of likely N-dealkylation sites (tertiary alicyclic amines) is 1. The Labute approximate surface area is 249 Å². The van der Waals surface area contributed by atoms with E-state index >= 15 is 0 Å². The molecule has 9 nitrogen and oxygen atoms in total. The van der Waals surface area contributed by atoms with Gasteiger partial charge in [0.1, 0.15) is 17.4 Å². The number of hydrogen-bond donors (Lipinski definition) is 0. The first-order valence-corrected chi connectivity index (χ1v) is 14.5. The lowest BCUT2D eigenvalue weighted by molar-refractivity contribution is -0.388. The van der Waals surface area contributed by atoms with Gasteiger partial charge in [-0.2, -0.15) is 13.2 Å². The number of carbonyl (C=O) groups is 2. The Hall–Kier alpha value is -3.83. The van der Waals surface area contributed by atoms with Crippen molar-refractivity contribution < 1.29 is 32.4 Å². The molecule has 0 radical (unpaired) electrons. The monoisotopic (exact) mass is 604 g/mol. The summed E-state index contributed by atoms with van der Waals surface area (Å²) in [4.78, 5) is 42.7. The average molecular weight is 605 g/mol. The minimum atomic E-state index is -4.88. The Bertz CT molecular complexity index is 1280. The molecule has 1 aliphatic carbocycles. The highest BCUT2D eigenvalue weighted by Crippen LogP contribution is 2.39. The van der Waals surface area contributed by atoms with Crippen LogP contribution in [0.4, 0.5) is 24.5 Å². The van der Waals surface area contributed by atoms with E-state index in [0.717, 1.165) is 44.1 Å². The van der Waals surface area contributed by atoms with Crippen LogP contribution in [0.15, 0.2) is 48.5 Å². The first-order chi connectivity index (χ1) is 20.1. The zero-order valence-electron chi connectivity index (χ0n) is 23.3. The van der Waals surface area contributed by atoms with Crippen LogP contribution in [0.5, 0.6) is 5.75 Å². The Morgan fingerprint density at radius 2 is 1.42 bits per heavy atom. The highest BCUT2D eigenvalue weighted by Gasteiger charge is 2.40. The fraction of sp³-hybridized carbons (Fsp3) is 0.548. The lowest BCUT2D eigenvalue weighted by Gasteiger charge is -2.40. The van der Waals surface area contributed by atoms with Crippen molar-refractivity contribution in [3.8, 4) is 5.75 Å². The molecule has 1 saturated carbocycles. The first kappa shape index (κ1) is 32.1. The predicted octanol–water partition coefficient (Wildman–Crippen LogP) is 5.77. The fourth-order valence-electron chi connectivity index (χ4n) is 6.34. The number of piperidine rings is 1. The second-order valence-electron chi connectivity index (χ2n) is 11.3. The maximum absolute atomic E-state index is 13.4. The summed E-state index contributed by atoms with van der Waals surface area (Å²) in [7, 11) is 0. The second kappa shape index (κ2) is 13.6. The average Bonchev–Trinajstić information content (AvgIpc) is 3.01. The maximum atomic E-state index is 13.4. The number of halogens is 3. The molecule has 2 saturated heterocycles. The smallest absolute Gasteiger partial charge is 0.423 e. The quantitative estimate of drug-likeness (QED) is 0.307. The number of rotatable bonds is 6. The minimum absolute atomic E-state index is 0. The number of anilines is 1. The van der Waals surface area contributed by atoms with Crippen molar-refractivity contribution in [1.82, 2.24) is 9.80 Å². The third-order valence-corrected chi connectivity index (χ3v) is 8.61. The van der Waals surface area contributed by atoms with Gasteiger partial charge in [-0.3, -0.25) is 19.7 Å². The number of nitrogens with zero attached hydrogens (tertiary/aromatic N) is 4. The summed E-state index contributed by atoms with van der Waals surface area (Å²) in [6.45, 7) is 3.68. The van der Waals surface area contributed by atoms with E-state index in [1.165, 1.54) is 6.07 Å². The number of nitro groups is 1. The molecule has 2 heterocycles. The molecule has 0 aromatic heterocycles. The van der Waals surface area contributed by atoms with E-state index in [4.69, 9.17) is 4.74 Å². The zero-order chi connectivity index (χ0) is 29.9. The molecule has 2 aliphatic heterocycles. The molecule has 0 N–H and O–H groups in total. The molecule has 2 aromatic carbocycles. The molecule has 1 unspecified atom stereocenters. The van der Waals surface area contributed by atoms with Gasteiger partial charge < -0.3 is 19.4 Å². The van der Waals surface area contributed by atoms with Gasteiger partial charge in [0.15, 0.2) is 0 Å². The zero-order valence-corrected chi connectivity index (χ0v) is 23.3. The number of benzene rings is 2. The topological polar surface area (TPSA) is 96.2 Å². The third kappa shape index (κ3) is 7.58. The van der Waals surface area contributed by atoms with E-state index in [2.05, 4.69) is 17.0 Å². The molecule has 2 aromatic rings. The Morgan fingerprint density at radius 1 is 0.837 bits per heavy atom. The molecular formula is C31H39F3N4O5. The number of ether oxygens (including phenoxy) is 1.